The number of fused-ring (bicyclic) bond motifs is 2. The summed E-state index contributed by atoms with van der Waals surface area (Å²) in [6.07, 6.45) is 5.63. The third kappa shape index (κ3) is 2.55. The highest BCUT2D eigenvalue weighted by Crippen LogP contribution is 2.37. The topological polar surface area (TPSA) is 24.9 Å². The third-order valence-corrected chi connectivity index (χ3v) is 5.73. The van der Waals surface area contributed by atoms with Crippen molar-refractivity contribution in [2.24, 2.45) is 0 Å². The largest absolute Gasteiger partial charge is 0.387 e. The molecule has 0 aliphatic heterocycles. The van der Waals surface area contributed by atoms with Crippen LogP contribution in [-0.4, -0.2) is 12.0 Å². The molecule has 0 saturated heterocycles. The summed E-state index contributed by atoms with van der Waals surface area (Å²) in [5, 5.41) is 4.63. The van der Waals surface area contributed by atoms with Gasteiger partial charge in [-0.1, -0.05) is 30.3 Å². The van der Waals surface area contributed by atoms with Gasteiger partial charge in [-0.05, 0) is 55.0 Å². The Morgan fingerprint density at radius 3 is 2.87 bits per heavy atom. The summed E-state index contributed by atoms with van der Waals surface area (Å²) < 4.78 is 0. The number of allylic oxidation sites excluding steroid dienone is 2. The normalized spacial score (nSPS) is 13.2. The quantitative estimate of drug-likeness (QED) is 0.713. The van der Waals surface area contributed by atoms with Crippen LogP contribution in [-0.2, 0) is 12.8 Å². The van der Waals surface area contributed by atoms with E-state index in [0.717, 1.165) is 29.8 Å². The molecule has 116 valence electrons. The van der Waals surface area contributed by atoms with Gasteiger partial charge in [-0.25, -0.2) is 4.98 Å². The highest BCUT2D eigenvalue weighted by atomic mass is 32.1. The minimum Gasteiger partial charge on any atom is -0.387 e. The van der Waals surface area contributed by atoms with Crippen molar-refractivity contribution in [3.8, 4) is 0 Å². The second kappa shape index (κ2) is 5.82. The van der Waals surface area contributed by atoms with E-state index in [1.807, 2.05) is 18.4 Å². The number of rotatable bonds is 4. The highest BCUT2D eigenvalue weighted by Gasteiger charge is 2.16. The maximum absolute atomic E-state index is 4.68. The first-order chi connectivity index (χ1) is 11.3. The van der Waals surface area contributed by atoms with E-state index < -0.39 is 0 Å². The van der Waals surface area contributed by atoms with E-state index in [9.17, 15) is 0 Å². The first kappa shape index (κ1) is 14.5. The lowest BCUT2D eigenvalue weighted by Crippen LogP contribution is -1.93. The van der Waals surface area contributed by atoms with Gasteiger partial charge in [0.2, 0.25) is 0 Å². The molecule has 23 heavy (non-hydrogen) atoms. The molecule has 2 heterocycles. The van der Waals surface area contributed by atoms with E-state index >= 15 is 0 Å². The summed E-state index contributed by atoms with van der Waals surface area (Å²) in [5.41, 5.74) is 6.73. The van der Waals surface area contributed by atoms with Crippen molar-refractivity contribution < 1.29 is 0 Å². The second-order valence-electron chi connectivity index (χ2n) is 6.05. The smallest absolute Gasteiger partial charge is 0.125 e. The van der Waals surface area contributed by atoms with Gasteiger partial charge in [0.05, 0.1) is 5.69 Å². The van der Waals surface area contributed by atoms with Crippen LogP contribution >= 0.6 is 11.3 Å². The molecular weight excluding hydrogens is 300 g/mol. The van der Waals surface area contributed by atoms with Crippen molar-refractivity contribution in [2.45, 2.75) is 26.2 Å². The molecule has 1 aliphatic rings. The zero-order valence-electron chi connectivity index (χ0n) is 13.5. The number of pyridine rings is 1. The molecule has 2 aromatic heterocycles. The SMILES string of the molecule is CNc1c(CCC2=CCc3ccccc32)sc2nc(C)ccc12. The first-order valence-electron chi connectivity index (χ1n) is 8.10. The molecule has 2 nitrogen and oxygen atoms in total. The fourth-order valence-electron chi connectivity index (χ4n) is 3.41. The lowest BCUT2D eigenvalue weighted by Gasteiger charge is -2.07. The van der Waals surface area contributed by atoms with Crippen LogP contribution in [0.3, 0.4) is 0 Å². The van der Waals surface area contributed by atoms with Gasteiger partial charge in [0.1, 0.15) is 4.83 Å². The Morgan fingerprint density at radius 2 is 2.00 bits per heavy atom. The molecule has 0 unspecified atom stereocenters. The summed E-state index contributed by atoms with van der Waals surface area (Å²) in [5.74, 6) is 0. The average Bonchev–Trinajstić information content (AvgIpc) is 3.13. The molecule has 3 heteroatoms. The van der Waals surface area contributed by atoms with Crippen molar-refractivity contribution in [3.63, 3.8) is 0 Å². The Kier molecular flexibility index (Phi) is 3.66. The maximum atomic E-state index is 4.68. The van der Waals surface area contributed by atoms with E-state index in [-0.39, 0.29) is 0 Å². The molecule has 0 atom stereocenters. The van der Waals surface area contributed by atoms with Crippen LogP contribution < -0.4 is 5.32 Å². The van der Waals surface area contributed by atoms with Gasteiger partial charge in [-0.3, -0.25) is 0 Å². The second-order valence-corrected chi connectivity index (χ2v) is 7.13. The first-order valence-corrected chi connectivity index (χ1v) is 8.92. The predicted molar refractivity (Wildman–Crippen MR) is 100 cm³/mol. The standard InChI is InChI=1S/C20H20N2S/c1-13-7-11-17-19(21-2)18(23-20(17)22-13)12-10-15-9-8-14-5-3-4-6-16(14)15/h3-7,9,11,21H,8,10,12H2,1-2H3. The van der Waals surface area contributed by atoms with Crippen LogP contribution in [0, 0.1) is 6.92 Å². The molecule has 0 radical (unpaired) electrons. The summed E-state index contributed by atoms with van der Waals surface area (Å²) in [6, 6.07) is 13.0. The van der Waals surface area contributed by atoms with Crippen LogP contribution in [0.25, 0.3) is 15.8 Å². The third-order valence-electron chi connectivity index (χ3n) is 4.57. The van der Waals surface area contributed by atoms with Crippen LogP contribution in [0.5, 0.6) is 0 Å². The molecule has 0 spiro atoms. The predicted octanol–water partition coefficient (Wildman–Crippen LogP) is 5.22. The Labute approximate surface area is 140 Å². The van der Waals surface area contributed by atoms with Crippen LogP contribution in [0.2, 0.25) is 0 Å². The number of hydrogen-bond acceptors (Lipinski definition) is 3. The van der Waals surface area contributed by atoms with Crippen LogP contribution in [0.15, 0.2) is 42.5 Å². The van der Waals surface area contributed by atoms with E-state index in [2.05, 4.69) is 59.7 Å². The molecule has 0 saturated carbocycles. The molecule has 0 amide bonds. The molecule has 3 aromatic rings. The van der Waals surface area contributed by atoms with Crippen molar-refractivity contribution in [1.82, 2.24) is 4.98 Å². The van der Waals surface area contributed by atoms with E-state index in [1.165, 1.54) is 32.7 Å². The van der Waals surface area contributed by atoms with Crippen molar-refractivity contribution >= 4 is 32.8 Å². The van der Waals surface area contributed by atoms with E-state index in [1.54, 1.807) is 0 Å². The number of nitrogens with one attached hydrogen (secondary N) is 1. The minimum atomic E-state index is 1.07. The van der Waals surface area contributed by atoms with Crippen LogP contribution in [0.1, 0.15) is 28.1 Å². The molecule has 1 aliphatic carbocycles. The van der Waals surface area contributed by atoms with Gasteiger partial charge in [0.25, 0.3) is 0 Å². The van der Waals surface area contributed by atoms with E-state index in [4.69, 9.17) is 0 Å². The van der Waals surface area contributed by atoms with Crippen LogP contribution in [0.4, 0.5) is 5.69 Å². The number of aryl methyl sites for hydroxylation is 2. The monoisotopic (exact) mass is 320 g/mol. The molecule has 0 bridgehead atoms. The zero-order valence-corrected chi connectivity index (χ0v) is 14.3. The number of thiophene rings is 1. The lowest BCUT2D eigenvalue weighted by atomic mass is 10.0. The van der Waals surface area contributed by atoms with Crippen molar-refractivity contribution in [1.29, 1.82) is 0 Å². The van der Waals surface area contributed by atoms with E-state index in [0.29, 0.717) is 0 Å². The number of benzene rings is 1. The summed E-state index contributed by atoms with van der Waals surface area (Å²) >= 11 is 1.83. The van der Waals surface area contributed by atoms with Gasteiger partial charge in [-0.15, -0.1) is 11.3 Å². The van der Waals surface area contributed by atoms with Gasteiger partial charge in [0, 0.05) is 23.0 Å². The van der Waals surface area contributed by atoms with Crippen molar-refractivity contribution in [3.05, 3.63) is 64.2 Å². The Morgan fingerprint density at radius 1 is 1.13 bits per heavy atom. The fourth-order valence-corrected chi connectivity index (χ4v) is 4.63. The Hall–Kier alpha value is -2.13. The summed E-state index contributed by atoms with van der Waals surface area (Å²) in [6.45, 7) is 2.05. The lowest BCUT2D eigenvalue weighted by molar-refractivity contribution is 1.05. The van der Waals surface area contributed by atoms with Gasteiger partial charge in [0.15, 0.2) is 0 Å². The fraction of sp³-hybridized carbons (Fsp3) is 0.250. The van der Waals surface area contributed by atoms with Crippen molar-refractivity contribution in [2.75, 3.05) is 12.4 Å². The number of anilines is 1. The maximum Gasteiger partial charge on any atom is 0.125 e. The molecule has 1 aromatic carbocycles. The highest BCUT2D eigenvalue weighted by molar-refractivity contribution is 7.19. The Bertz CT molecular complexity index is 905. The molecule has 0 fully saturated rings. The number of aromatic nitrogens is 1. The Balaban J connectivity index is 1.61. The average molecular weight is 320 g/mol. The molecule has 1 N–H and O–H groups in total. The summed E-state index contributed by atoms with van der Waals surface area (Å²) in [4.78, 5) is 7.24. The zero-order chi connectivity index (χ0) is 15.8. The van der Waals surface area contributed by atoms with Gasteiger partial charge in [-0.2, -0.15) is 0 Å². The molecule has 4 rings (SSSR count). The van der Waals surface area contributed by atoms with Gasteiger partial charge >= 0.3 is 0 Å². The molecular formula is C20H20N2S. The number of hydrogen-bond donors (Lipinski definition) is 1. The summed E-state index contributed by atoms with van der Waals surface area (Å²) in [7, 11) is 2.01. The van der Waals surface area contributed by atoms with Gasteiger partial charge < -0.3 is 5.32 Å². The minimum absolute atomic E-state index is 1.07. The number of nitrogens with zero attached hydrogens (tertiary/aromatic N) is 1.